The van der Waals surface area contributed by atoms with Crippen molar-refractivity contribution in [1.29, 1.82) is 0 Å². The molecule has 0 amide bonds. The van der Waals surface area contributed by atoms with Crippen LogP contribution in [0.1, 0.15) is 6.42 Å². The third-order valence-corrected chi connectivity index (χ3v) is 5.23. The molecule has 112 valence electrons. The Hall–Kier alpha value is -1.80. The van der Waals surface area contributed by atoms with E-state index in [0.29, 0.717) is 25.3 Å². The summed E-state index contributed by atoms with van der Waals surface area (Å²) in [6.07, 6.45) is 0.683. The van der Waals surface area contributed by atoms with E-state index in [9.17, 15) is 8.42 Å². The van der Waals surface area contributed by atoms with Gasteiger partial charge >= 0.3 is 0 Å². The first-order valence-electron chi connectivity index (χ1n) is 6.89. The summed E-state index contributed by atoms with van der Waals surface area (Å²) >= 11 is 0. The van der Waals surface area contributed by atoms with Gasteiger partial charge in [0.25, 0.3) is 0 Å². The Morgan fingerprint density at radius 1 is 1.29 bits per heavy atom. The molecule has 0 saturated carbocycles. The number of nitrogens with zero attached hydrogens (tertiary/aromatic N) is 4. The molecule has 2 aromatic rings. The van der Waals surface area contributed by atoms with Crippen LogP contribution in [0.4, 0.5) is 0 Å². The van der Waals surface area contributed by atoms with Gasteiger partial charge in [0.2, 0.25) is 5.82 Å². The number of aromatic nitrogens is 4. The molecule has 0 bridgehead atoms. The smallest absolute Gasteiger partial charge is 0.204 e. The third kappa shape index (κ3) is 3.64. The van der Waals surface area contributed by atoms with Gasteiger partial charge in [-0.15, -0.1) is 10.2 Å². The van der Waals surface area contributed by atoms with Gasteiger partial charge in [-0.3, -0.25) is 0 Å². The van der Waals surface area contributed by atoms with Gasteiger partial charge in [0.15, 0.2) is 9.84 Å². The summed E-state index contributed by atoms with van der Waals surface area (Å²) in [6.45, 7) is 1.20. The molecule has 2 heterocycles. The molecule has 1 unspecified atom stereocenters. The summed E-state index contributed by atoms with van der Waals surface area (Å²) in [6, 6.07) is 9.71. The van der Waals surface area contributed by atoms with E-state index in [0.717, 1.165) is 5.56 Å². The van der Waals surface area contributed by atoms with Crippen LogP contribution in [0.25, 0.3) is 11.4 Å². The first-order chi connectivity index (χ1) is 10.1. The SMILES string of the molecule is O=S1(=O)CCC(NCCn2nnc(-c3ccccc3)n2)C1. The lowest BCUT2D eigenvalue weighted by molar-refractivity contribution is 0.461. The number of hydrogen-bond donors (Lipinski definition) is 1. The second-order valence-corrected chi connectivity index (χ2v) is 7.36. The fraction of sp³-hybridized carbons (Fsp3) is 0.462. The van der Waals surface area contributed by atoms with E-state index < -0.39 is 9.84 Å². The van der Waals surface area contributed by atoms with Gasteiger partial charge in [-0.1, -0.05) is 30.3 Å². The maximum atomic E-state index is 11.4. The number of tetrazole rings is 1. The number of nitrogens with one attached hydrogen (secondary N) is 1. The lowest BCUT2D eigenvalue weighted by Crippen LogP contribution is -2.33. The third-order valence-electron chi connectivity index (χ3n) is 3.46. The summed E-state index contributed by atoms with van der Waals surface area (Å²) in [4.78, 5) is 1.53. The van der Waals surface area contributed by atoms with Crippen LogP contribution in [-0.4, -0.2) is 52.7 Å². The van der Waals surface area contributed by atoms with Gasteiger partial charge in [0, 0.05) is 18.2 Å². The summed E-state index contributed by atoms with van der Waals surface area (Å²) in [7, 11) is -2.84. The minimum Gasteiger partial charge on any atom is -0.311 e. The van der Waals surface area contributed by atoms with Crippen molar-refractivity contribution < 1.29 is 8.42 Å². The van der Waals surface area contributed by atoms with Crippen molar-refractivity contribution in [3.05, 3.63) is 30.3 Å². The van der Waals surface area contributed by atoms with E-state index in [-0.39, 0.29) is 17.5 Å². The quantitative estimate of drug-likeness (QED) is 0.843. The molecule has 1 saturated heterocycles. The van der Waals surface area contributed by atoms with Crippen molar-refractivity contribution >= 4 is 9.84 Å². The van der Waals surface area contributed by atoms with Crippen molar-refractivity contribution in [3.8, 4) is 11.4 Å². The summed E-state index contributed by atoms with van der Waals surface area (Å²) in [5.41, 5.74) is 0.929. The highest BCUT2D eigenvalue weighted by Crippen LogP contribution is 2.12. The summed E-state index contributed by atoms with van der Waals surface area (Å²) in [5, 5.41) is 15.6. The van der Waals surface area contributed by atoms with Gasteiger partial charge in [0.1, 0.15) is 0 Å². The highest BCUT2D eigenvalue weighted by Gasteiger charge is 2.27. The first kappa shape index (κ1) is 14.2. The standard InChI is InChI=1S/C13H17N5O2S/c19-21(20)9-6-12(10-21)14-7-8-18-16-13(15-17-18)11-4-2-1-3-5-11/h1-5,12,14H,6-10H2. The second kappa shape index (κ2) is 5.90. The van der Waals surface area contributed by atoms with Crippen LogP contribution in [0.2, 0.25) is 0 Å². The molecule has 3 rings (SSSR count). The second-order valence-electron chi connectivity index (χ2n) is 5.13. The number of sulfone groups is 1. The molecular formula is C13H17N5O2S. The molecule has 21 heavy (non-hydrogen) atoms. The molecule has 1 aromatic carbocycles. The molecule has 1 aliphatic heterocycles. The average Bonchev–Trinajstić information content (AvgIpc) is 3.07. The molecule has 1 aromatic heterocycles. The van der Waals surface area contributed by atoms with Gasteiger partial charge in [-0.2, -0.15) is 4.80 Å². The molecule has 0 spiro atoms. The monoisotopic (exact) mass is 307 g/mol. The predicted molar refractivity (Wildman–Crippen MR) is 78.3 cm³/mol. The molecular weight excluding hydrogens is 290 g/mol. The Bertz CT molecular complexity index is 698. The molecule has 0 radical (unpaired) electrons. The van der Waals surface area contributed by atoms with E-state index in [4.69, 9.17) is 0 Å². The van der Waals surface area contributed by atoms with Gasteiger partial charge < -0.3 is 5.32 Å². The van der Waals surface area contributed by atoms with Crippen molar-refractivity contribution in [2.75, 3.05) is 18.1 Å². The van der Waals surface area contributed by atoms with Gasteiger partial charge in [-0.25, -0.2) is 8.42 Å². The van der Waals surface area contributed by atoms with Crippen LogP contribution < -0.4 is 5.32 Å². The van der Waals surface area contributed by atoms with Crippen LogP contribution in [-0.2, 0) is 16.4 Å². The molecule has 1 N–H and O–H groups in total. The molecule has 1 atom stereocenters. The normalized spacial score (nSPS) is 20.7. The number of rotatable bonds is 5. The zero-order chi connectivity index (χ0) is 14.7. The van der Waals surface area contributed by atoms with Crippen molar-refractivity contribution in [1.82, 2.24) is 25.5 Å². The Labute approximate surface area is 123 Å². The minimum atomic E-state index is -2.84. The van der Waals surface area contributed by atoms with E-state index in [1.54, 1.807) is 0 Å². The number of hydrogen-bond acceptors (Lipinski definition) is 6. The van der Waals surface area contributed by atoms with Crippen LogP contribution in [0.5, 0.6) is 0 Å². The molecule has 1 aliphatic rings. The lowest BCUT2D eigenvalue weighted by Gasteiger charge is -2.09. The molecule has 8 heteroatoms. The van der Waals surface area contributed by atoms with Gasteiger partial charge in [-0.05, 0) is 11.6 Å². The minimum absolute atomic E-state index is 0.0483. The van der Waals surface area contributed by atoms with Crippen molar-refractivity contribution in [2.24, 2.45) is 0 Å². The largest absolute Gasteiger partial charge is 0.311 e. The zero-order valence-corrected chi connectivity index (χ0v) is 12.3. The Morgan fingerprint density at radius 2 is 2.10 bits per heavy atom. The topological polar surface area (TPSA) is 89.8 Å². The highest BCUT2D eigenvalue weighted by molar-refractivity contribution is 7.91. The fourth-order valence-corrected chi connectivity index (χ4v) is 4.07. The Morgan fingerprint density at radius 3 is 2.81 bits per heavy atom. The first-order valence-corrected chi connectivity index (χ1v) is 8.71. The molecule has 1 fully saturated rings. The predicted octanol–water partition coefficient (Wildman–Crippen LogP) is 0.117. The van der Waals surface area contributed by atoms with Crippen LogP contribution >= 0.6 is 0 Å². The average molecular weight is 307 g/mol. The van der Waals surface area contributed by atoms with Crippen molar-refractivity contribution in [3.63, 3.8) is 0 Å². The van der Waals surface area contributed by atoms with E-state index >= 15 is 0 Å². The lowest BCUT2D eigenvalue weighted by atomic mass is 10.2. The van der Waals surface area contributed by atoms with Crippen LogP contribution in [0.3, 0.4) is 0 Å². The summed E-state index contributed by atoms with van der Waals surface area (Å²) < 4.78 is 22.7. The highest BCUT2D eigenvalue weighted by atomic mass is 32.2. The van der Waals surface area contributed by atoms with E-state index in [2.05, 4.69) is 20.7 Å². The summed E-state index contributed by atoms with van der Waals surface area (Å²) in [5.74, 6) is 1.11. The van der Waals surface area contributed by atoms with Crippen LogP contribution in [0.15, 0.2) is 30.3 Å². The Kier molecular flexibility index (Phi) is 3.98. The molecule has 0 aliphatic carbocycles. The maximum Gasteiger partial charge on any atom is 0.204 e. The van der Waals surface area contributed by atoms with Crippen LogP contribution in [0, 0.1) is 0 Å². The number of benzene rings is 1. The molecule has 7 nitrogen and oxygen atoms in total. The Balaban J connectivity index is 1.52. The van der Waals surface area contributed by atoms with Gasteiger partial charge in [0.05, 0.1) is 18.1 Å². The fourth-order valence-electron chi connectivity index (χ4n) is 2.37. The van der Waals surface area contributed by atoms with Crippen molar-refractivity contribution in [2.45, 2.75) is 19.0 Å². The zero-order valence-electron chi connectivity index (χ0n) is 11.5. The van der Waals surface area contributed by atoms with E-state index in [1.807, 2.05) is 30.3 Å². The van der Waals surface area contributed by atoms with E-state index in [1.165, 1.54) is 4.80 Å². The maximum absolute atomic E-state index is 11.4.